The van der Waals surface area contributed by atoms with Gasteiger partial charge in [-0.05, 0) is 31.9 Å². The van der Waals surface area contributed by atoms with Crippen molar-refractivity contribution in [2.75, 3.05) is 31.1 Å². The highest BCUT2D eigenvalue weighted by atomic mass is 19.1. The molecule has 0 bridgehead atoms. The van der Waals surface area contributed by atoms with E-state index < -0.39 is 17.2 Å². The number of aromatic nitrogens is 1. The van der Waals surface area contributed by atoms with Crippen molar-refractivity contribution in [1.29, 1.82) is 0 Å². The molecule has 1 saturated carbocycles. The van der Waals surface area contributed by atoms with Crippen LogP contribution in [0.4, 0.5) is 10.1 Å². The van der Waals surface area contributed by atoms with E-state index in [4.69, 9.17) is 0 Å². The van der Waals surface area contributed by atoms with Gasteiger partial charge in [0.1, 0.15) is 11.4 Å². The van der Waals surface area contributed by atoms with Gasteiger partial charge in [-0.25, -0.2) is 9.18 Å². The number of allylic oxidation sites excluding steroid dienone is 1. The summed E-state index contributed by atoms with van der Waals surface area (Å²) in [5.74, 6) is -1.76. The molecule has 7 heteroatoms. The lowest BCUT2D eigenvalue weighted by atomic mass is 10.1. The maximum atomic E-state index is 14.6. The van der Waals surface area contributed by atoms with E-state index in [1.807, 2.05) is 44.1 Å². The first-order valence-corrected chi connectivity index (χ1v) is 11.1. The molecule has 2 aliphatic rings. The normalized spacial score (nSPS) is 14.8. The number of halogens is 1. The molecule has 1 aliphatic heterocycles. The van der Waals surface area contributed by atoms with Crippen molar-refractivity contribution >= 4 is 22.6 Å². The van der Waals surface area contributed by atoms with Crippen molar-refractivity contribution < 1.29 is 14.3 Å². The minimum atomic E-state index is -1.28. The third-order valence-corrected chi connectivity index (χ3v) is 4.73. The van der Waals surface area contributed by atoms with E-state index in [0.29, 0.717) is 24.3 Å². The summed E-state index contributed by atoms with van der Waals surface area (Å²) < 4.78 is 16.4. The van der Waals surface area contributed by atoms with E-state index in [1.54, 1.807) is 12.1 Å². The maximum absolute atomic E-state index is 14.6. The highest BCUT2D eigenvalue weighted by molar-refractivity contribution is 5.93. The molecule has 1 aliphatic carbocycles. The van der Waals surface area contributed by atoms with Gasteiger partial charge in [0, 0.05) is 43.8 Å². The number of nitrogens with zero attached hydrogens (tertiary/aromatic N) is 2. The second-order valence-corrected chi connectivity index (χ2v) is 6.78. The van der Waals surface area contributed by atoms with E-state index in [2.05, 4.69) is 11.9 Å². The maximum Gasteiger partial charge on any atom is 0.341 e. The molecule has 1 aromatic heterocycles. The number of aromatic carboxylic acids is 1. The minimum Gasteiger partial charge on any atom is -0.477 e. The van der Waals surface area contributed by atoms with E-state index in [9.17, 15) is 19.1 Å². The van der Waals surface area contributed by atoms with Crippen LogP contribution in [0.5, 0.6) is 0 Å². The standard InChI is InChI=1S/C17H18FN3O3.C3H6.2C2H6/c18-13-7-11-14(8-15(13)20-5-3-19-4-6-20)21(10-1-2-10)9-12(16(11)22)17(23)24;1-3-2;2*1-2/h7-10,19H,1-6H2,(H,23,24);3H,1H2,2H3;2*1-2H3. The van der Waals surface area contributed by atoms with Crippen molar-refractivity contribution in [3.05, 3.63) is 52.6 Å². The van der Waals surface area contributed by atoms with E-state index in [1.165, 1.54) is 12.3 Å². The van der Waals surface area contributed by atoms with Crippen LogP contribution in [-0.4, -0.2) is 41.8 Å². The van der Waals surface area contributed by atoms with Crippen LogP contribution in [0, 0.1) is 5.82 Å². The number of carboxylic acids is 1. The molecule has 4 rings (SSSR count). The van der Waals surface area contributed by atoms with Crippen LogP contribution >= 0.6 is 0 Å². The molecule has 0 atom stereocenters. The molecular weight excluding hydrogens is 397 g/mol. The Morgan fingerprint density at radius 2 is 1.74 bits per heavy atom. The number of carboxylic acid groups (broad SMARTS) is 1. The Kier molecular flexibility index (Phi) is 11.0. The SMILES string of the molecule is C=CC.CC.CC.O=C(O)c1cn(C2CC2)c2cc(N3CCNCC3)c(F)cc2c1=O. The highest BCUT2D eigenvalue weighted by Crippen LogP contribution is 2.38. The molecule has 2 N–H and O–H groups in total. The van der Waals surface area contributed by atoms with E-state index in [-0.39, 0.29) is 17.0 Å². The third kappa shape index (κ3) is 6.40. The monoisotopic (exact) mass is 433 g/mol. The van der Waals surface area contributed by atoms with Gasteiger partial charge in [-0.1, -0.05) is 33.8 Å². The predicted molar refractivity (Wildman–Crippen MR) is 127 cm³/mol. The van der Waals surface area contributed by atoms with Gasteiger partial charge in [0.2, 0.25) is 5.43 Å². The van der Waals surface area contributed by atoms with Crippen LogP contribution in [0.1, 0.15) is 63.9 Å². The number of rotatable bonds is 3. The summed E-state index contributed by atoms with van der Waals surface area (Å²) in [6.45, 7) is 16.2. The smallest absolute Gasteiger partial charge is 0.341 e. The Morgan fingerprint density at radius 1 is 1.19 bits per heavy atom. The molecule has 1 saturated heterocycles. The molecule has 0 unspecified atom stereocenters. The van der Waals surface area contributed by atoms with Crippen molar-refractivity contribution in [3.63, 3.8) is 0 Å². The Hall–Kier alpha value is -2.67. The topological polar surface area (TPSA) is 74.6 Å². The number of fused-ring (bicyclic) bond motifs is 1. The highest BCUT2D eigenvalue weighted by Gasteiger charge is 2.28. The molecule has 172 valence electrons. The largest absolute Gasteiger partial charge is 0.477 e. The lowest BCUT2D eigenvalue weighted by Gasteiger charge is -2.30. The van der Waals surface area contributed by atoms with Crippen molar-refractivity contribution in [3.8, 4) is 0 Å². The number of anilines is 1. The van der Waals surface area contributed by atoms with Crippen LogP contribution in [0.2, 0.25) is 0 Å². The predicted octanol–water partition coefficient (Wildman–Crippen LogP) is 4.83. The second kappa shape index (κ2) is 12.9. The van der Waals surface area contributed by atoms with Gasteiger partial charge in [0.05, 0.1) is 11.2 Å². The number of hydrogen-bond donors (Lipinski definition) is 2. The fourth-order valence-electron chi connectivity index (χ4n) is 3.31. The fourth-order valence-corrected chi connectivity index (χ4v) is 3.31. The minimum absolute atomic E-state index is 0.137. The summed E-state index contributed by atoms with van der Waals surface area (Å²) in [6.07, 6.45) is 5.04. The Balaban J connectivity index is 0.000000620. The van der Waals surface area contributed by atoms with Gasteiger partial charge in [0.25, 0.3) is 0 Å². The van der Waals surface area contributed by atoms with Gasteiger partial charge in [-0.15, -0.1) is 6.58 Å². The quantitative estimate of drug-likeness (QED) is 0.679. The molecule has 31 heavy (non-hydrogen) atoms. The Bertz CT molecular complexity index is 930. The molecular formula is C24H36FN3O3. The van der Waals surface area contributed by atoms with Gasteiger partial charge >= 0.3 is 5.97 Å². The van der Waals surface area contributed by atoms with Gasteiger partial charge < -0.3 is 19.9 Å². The molecule has 6 nitrogen and oxygen atoms in total. The fraction of sp³-hybridized carbons (Fsp3) is 0.500. The molecule has 0 radical (unpaired) electrons. The van der Waals surface area contributed by atoms with Crippen molar-refractivity contribution in [2.45, 2.75) is 53.5 Å². The number of hydrogen-bond acceptors (Lipinski definition) is 4. The number of nitrogens with one attached hydrogen (secondary N) is 1. The lowest BCUT2D eigenvalue weighted by Crippen LogP contribution is -2.43. The van der Waals surface area contributed by atoms with Crippen LogP contribution in [0.15, 0.2) is 35.8 Å². The van der Waals surface area contributed by atoms with Crippen LogP contribution in [0.3, 0.4) is 0 Å². The van der Waals surface area contributed by atoms with E-state index in [0.717, 1.165) is 25.9 Å². The Morgan fingerprint density at radius 3 is 2.23 bits per heavy atom. The Labute approximate surface area is 184 Å². The molecule has 2 heterocycles. The van der Waals surface area contributed by atoms with E-state index >= 15 is 0 Å². The molecule has 0 amide bonds. The summed E-state index contributed by atoms with van der Waals surface area (Å²) in [5, 5.41) is 12.6. The number of pyridine rings is 1. The van der Waals surface area contributed by atoms with Gasteiger partial charge in [-0.2, -0.15) is 0 Å². The lowest BCUT2D eigenvalue weighted by molar-refractivity contribution is 0.0695. The van der Waals surface area contributed by atoms with Gasteiger partial charge in [-0.3, -0.25) is 4.79 Å². The zero-order chi connectivity index (χ0) is 23.6. The number of carbonyl (C=O) groups is 1. The summed E-state index contributed by atoms with van der Waals surface area (Å²) >= 11 is 0. The van der Waals surface area contributed by atoms with Crippen LogP contribution < -0.4 is 15.6 Å². The average Bonchev–Trinajstić information content (AvgIpc) is 3.63. The number of benzene rings is 1. The zero-order valence-corrected chi connectivity index (χ0v) is 19.4. The summed E-state index contributed by atoms with van der Waals surface area (Å²) in [6, 6.07) is 3.08. The summed E-state index contributed by atoms with van der Waals surface area (Å²) in [4.78, 5) is 25.7. The second-order valence-electron chi connectivity index (χ2n) is 6.78. The molecule has 0 spiro atoms. The summed E-state index contributed by atoms with van der Waals surface area (Å²) in [5.41, 5.74) is 0.159. The van der Waals surface area contributed by atoms with Gasteiger partial charge in [0.15, 0.2) is 0 Å². The third-order valence-electron chi connectivity index (χ3n) is 4.73. The molecule has 1 aromatic carbocycles. The zero-order valence-electron chi connectivity index (χ0n) is 19.4. The molecule has 2 aromatic rings. The first-order valence-electron chi connectivity index (χ1n) is 11.1. The van der Waals surface area contributed by atoms with Crippen LogP contribution in [-0.2, 0) is 0 Å². The first-order chi connectivity index (χ1) is 15.0. The van der Waals surface area contributed by atoms with Crippen molar-refractivity contribution in [2.24, 2.45) is 0 Å². The average molecular weight is 434 g/mol. The van der Waals surface area contributed by atoms with Crippen molar-refractivity contribution in [1.82, 2.24) is 9.88 Å². The van der Waals surface area contributed by atoms with Crippen LogP contribution in [0.25, 0.3) is 10.9 Å². The number of piperazine rings is 1. The summed E-state index contributed by atoms with van der Waals surface area (Å²) in [7, 11) is 0. The first kappa shape index (κ1) is 26.4. The molecule has 2 fully saturated rings.